The van der Waals surface area contributed by atoms with Crippen LogP contribution in [0.25, 0.3) is 5.57 Å². The molecule has 0 atom stereocenters. The van der Waals surface area contributed by atoms with Crippen LogP contribution in [-0.2, 0) is 4.79 Å². The summed E-state index contributed by atoms with van der Waals surface area (Å²) < 4.78 is 13.8. The highest BCUT2D eigenvalue weighted by Gasteiger charge is 2.25. The summed E-state index contributed by atoms with van der Waals surface area (Å²) in [5, 5.41) is 0.589. The number of carbonyl (C=O) groups excluding carboxylic acids is 1. The van der Waals surface area contributed by atoms with E-state index >= 15 is 0 Å². The van der Waals surface area contributed by atoms with Crippen LogP contribution < -0.4 is 5.73 Å². The monoisotopic (exact) mass is 497 g/mol. The van der Waals surface area contributed by atoms with Crippen molar-refractivity contribution in [2.45, 2.75) is 65.7 Å². The van der Waals surface area contributed by atoms with E-state index in [9.17, 15) is 9.18 Å². The van der Waals surface area contributed by atoms with Crippen LogP contribution in [0.15, 0.2) is 58.8 Å². The molecule has 3 rings (SSSR count). The Morgan fingerprint density at radius 3 is 2.54 bits per heavy atom. The lowest BCUT2D eigenvalue weighted by Crippen LogP contribution is -2.40. The molecule has 2 N–H and O–H groups in total. The second-order valence-electron chi connectivity index (χ2n) is 9.88. The molecule has 0 bridgehead atoms. The number of nitrogens with zero attached hydrogens (tertiary/aromatic N) is 2. The lowest BCUT2D eigenvalue weighted by atomic mass is 9.86. The molecule has 1 aromatic rings. The van der Waals surface area contributed by atoms with Crippen LogP contribution in [0.5, 0.6) is 0 Å². The van der Waals surface area contributed by atoms with E-state index in [4.69, 9.17) is 5.73 Å². The van der Waals surface area contributed by atoms with Gasteiger partial charge in [-0.3, -0.25) is 4.79 Å². The maximum absolute atomic E-state index is 13.8. The standard InChI is InChI=1S/C29H40FN3OS/c1-20-13-15-32(16-14-28(20)35-24(5)31)29(34)19-33(23(4)25-9-7-6-8-10-25)18-22(3)26-11-12-27(30)21(2)17-26/h11-12,17-18,25H,4-10,13-16,19,31H2,1-3H3/b22-18+. The molecule has 4 nitrogen and oxygen atoms in total. The number of allylic oxidation sites excluding steroid dienone is 2. The number of aryl methyl sites for hydroxylation is 1. The minimum absolute atomic E-state index is 0.104. The third-order valence-corrected chi connectivity index (χ3v) is 8.22. The first kappa shape index (κ1) is 27.1. The predicted molar refractivity (Wildman–Crippen MR) is 147 cm³/mol. The van der Waals surface area contributed by atoms with Crippen LogP contribution in [0, 0.1) is 18.7 Å². The van der Waals surface area contributed by atoms with Crippen LogP contribution in [-0.4, -0.2) is 35.3 Å². The number of rotatable bonds is 8. The van der Waals surface area contributed by atoms with Crippen molar-refractivity contribution in [1.29, 1.82) is 0 Å². The summed E-state index contributed by atoms with van der Waals surface area (Å²) >= 11 is 1.52. The molecule has 1 aliphatic heterocycles. The Hall–Kier alpha value is -2.47. The summed E-state index contributed by atoms with van der Waals surface area (Å²) in [5.41, 5.74) is 10.7. The Kier molecular flexibility index (Phi) is 9.67. The molecule has 35 heavy (non-hydrogen) atoms. The van der Waals surface area contributed by atoms with E-state index in [1.54, 1.807) is 13.0 Å². The normalized spacial score (nSPS) is 17.8. The Labute approximate surface area is 214 Å². The third-order valence-electron chi connectivity index (χ3n) is 7.16. The van der Waals surface area contributed by atoms with Gasteiger partial charge in [0, 0.05) is 25.0 Å². The fourth-order valence-electron chi connectivity index (χ4n) is 4.89. The van der Waals surface area contributed by atoms with Crippen LogP contribution in [0.3, 0.4) is 0 Å². The van der Waals surface area contributed by atoms with Gasteiger partial charge in [-0.2, -0.15) is 0 Å². The Balaban J connectivity index is 1.78. The van der Waals surface area contributed by atoms with E-state index in [-0.39, 0.29) is 18.3 Å². The van der Waals surface area contributed by atoms with Crippen molar-refractivity contribution >= 4 is 23.2 Å². The fourth-order valence-corrected chi connectivity index (χ4v) is 5.68. The number of amides is 1. The van der Waals surface area contributed by atoms with Crippen molar-refractivity contribution in [3.8, 4) is 0 Å². The average molecular weight is 498 g/mol. The van der Waals surface area contributed by atoms with Gasteiger partial charge < -0.3 is 15.5 Å². The summed E-state index contributed by atoms with van der Waals surface area (Å²) in [7, 11) is 0. The molecule has 0 radical (unpaired) electrons. The Morgan fingerprint density at radius 1 is 1.20 bits per heavy atom. The second-order valence-corrected chi connectivity index (χ2v) is 11.1. The SMILES string of the molecule is C=C(N)SC1=C(C)CCN(C(=O)CN(/C=C(\C)c2ccc(F)c(C)c2)C(=C)C2CCCCC2)CC1. The molecule has 1 heterocycles. The minimum Gasteiger partial charge on any atom is -0.394 e. The molecule has 0 unspecified atom stereocenters. The number of carbonyl (C=O) groups is 1. The summed E-state index contributed by atoms with van der Waals surface area (Å²) in [4.78, 5) is 18.7. The van der Waals surface area contributed by atoms with Crippen molar-refractivity contribution in [3.05, 3.63) is 75.7 Å². The third kappa shape index (κ3) is 7.50. The molecule has 0 aromatic heterocycles. The molecule has 1 aliphatic carbocycles. The van der Waals surface area contributed by atoms with Crippen molar-refractivity contribution < 1.29 is 9.18 Å². The van der Waals surface area contributed by atoms with Crippen molar-refractivity contribution in [2.24, 2.45) is 11.7 Å². The van der Waals surface area contributed by atoms with E-state index in [1.165, 1.54) is 47.6 Å². The van der Waals surface area contributed by atoms with Gasteiger partial charge >= 0.3 is 0 Å². The quantitative estimate of drug-likeness (QED) is 0.422. The van der Waals surface area contributed by atoms with Crippen molar-refractivity contribution in [3.63, 3.8) is 0 Å². The summed E-state index contributed by atoms with van der Waals surface area (Å²) in [6, 6.07) is 5.16. The number of thioether (sulfide) groups is 1. The molecular weight excluding hydrogens is 457 g/mol. The maximum atomic E-state index is 13.8. The molecule has 0 saturated heterocycles. The van der Waals surface area contributed by atoms with Gasteiger partial charge in [-0.25, -0.2) is 4.39 Å². The summed E-state index contributed by atoms with van der Waals surface area (Å²) in [6.45, 7) is 15.8. The van der Waals surface area contributed by atoms with E-state index in [1.807, 2.05) is 24.1 Å². The summed E-state index contributed by atoms with van der Waals surface area (Å²) in [5.74, 6) is 0.287. The van der Waals surface area contributed by atoms with Crippen molar-refractivity contribution in [2.75, 3.05) is 19.6 Å². The zero-order valence-electron chi connectivity index (χ0n) is 21.5. The second kappa shape index (κ2) is 12.5. The first-order valence-corrected chi connectivity index (χ1v) is 13.5. The molecule has 1 saturated carbocycles. The molecular formula is C29H40FN3OS. The highest BCUT2D eigenvalue weighted by molar-refractivity contribution is 8.06. The first-order chi connectivity index (χ1) is 16.7. The molecule has 6 heteroatoms. The van der Waals surface area contributed by atoms with Gasteiger partial charge in [0.2, 0.25) is 5.91 Å². The van der Waals surface area contributed by atoms with Gasteiger partial charge in [0.25, 0.3) is 0 Å². The van der Waals surface area contributed by atoms with E-state index < -0.39 is 0 Å². The molecule has 190 valence electrons. The largest absolute Gasteiger partial charge is 0.394 e. The molecule has 0 spiro atoms. The minimum atomic E-state index is -0.207. The van der Waals surface area contributed by atoms with E-state index in [0.717, 1.165) is 42.5 Å². The smallest absolute Gasteiger partial charge is 0.242 e. The highest BCUT2D eigenvalue weighted by Crippen LogP contribution is 2.33. The van der Waals surface area contributed by atoms with Gasteiger partial charge in [0.1, 0.15) is 12.4 Å². The van der Waals surface area contributed by atoms with E-state index in [0.29, 0.717) is 29.6 Å². The molecule has 1 aromatic carbocycles. The number of hydrogen-bond donors (Lipinski definition) is 1. The zero-order chi connectivity index (χ0) is 25.5. The molecule has 2 aliphatic rings. The number of halogens is 1. The van der Waals surface area contributed by atoms with Crippen molar-refractivity contribution in [1.82, 2.24) is 9.80 Å². The number of hydrogen-bond acceptors (Lipinski definition) is 4. The molecule has 1 fully saturated rings. The van der Waals surface area contributed by atoms with Gasteiger partial charge in [0.15, 0.2) is 0 Å². The lowest BCUT2D eigenvalue weighted by Gasteiger charge is -2.33. The van der Waals surface area contributed by atoms with Crippen LogP contribution in [0.2, 0.25) is 0 Å². The highest BCUT2D eigenvalue weighted by atomic mass is 32.2. The number of nitrogens with two attached hydrogens (primary N) is 1. The zero-order valence-corrected chi connectivity index (χ0v) is 22.4. The Bertz CT molecular complexity index is 1020. The first-order valence-electron chi connectivity index (χ1n) is 12.6. The van der Waals surface area contributed by atoms with Gasteiger partial charge in [0.05, 0.1) is 5.03 Å². The van der Waals surface area contributed by atoms with E-state index in [2.05, 4.69) is 25.0 Å². The van der Waals surface area contributed by atoms with Gasteiger partial charge in [-0.05, 0) is 86.1 Å². The molecule has 1 amide bonds. The van der Waals surface area contributed by atoms with Gasteiger partial charge in [-0.15, -0.1) is 0 Å². The maximum Gasteiger partial charge on any atom is 0.242 e. The average Bonchev–Trinajstić information content (AvgIpc) is 3.01. The Morgan fingerprint density at radius 2 is 1.89 bits per heavy atom. The fraction of sp³-hybridized carbons (Fsp3) is 0.483. The number of benzene rings is 1. The summed E-state index contributed by atoms with van der Waals surface area (Å²) in [6.07, 6.45) is 9.57. The van der Waals surface area contributed by atoms with Crippen LogP contribution in [0.1, 0.15) is 69.9 Å². The van der Waals surface area contributed by atoms with Gasteiger partial charge in [-0.1, -0.05) is 55.8 Å². The van der Waals surface area contributed by atoms with Crippen LogP contribution in [0.4, 0.5) is 4.39 Å². The predicted octanol–water partition coefficient (Wildman–Crippen LogP) is 6.95. The van der Waals surface area contributed by atoms with Crippen LogP contribution >= 0.6 is 11.8 Å². The lowest BCUT2D eigenvalue weighted by molar-refractivity contribution is -0.131. The topological polar surface area (TPSA) is 49.6 Å².